The maximum atomic E-state index is 10.9. The third kappa shape index (κ3) is 2.61. The molecule has 7 heteroatoms. The second kappa shape index (κ2) is 5.41. The lowest BCUT2D eigenvalue weighted by Gasteiger charge is -2.03. The van der Waals surface area contributed by atoms with Crippen LogP contribution in [0, 0.1) is 17.0 Å². The second-order valence-corrected chi connectivity index (χ2v) is 5.18. The Balaban J connectivity index is 2.45. The first kappa shape index (κ1) is 13.6. The molecule has 1 atom stereocenters. The molecule has 0 radical (unpaired) electrons. The summed E-state index contributed by atoms with van der Waals surface area (Å²) in [5, 5.41) is 20.5. The summed E-state index contributed by atoms with van der Waals surface area (Å²) >= 11 is 1.38. The van der Waals surface area contributed by atoms with Crippen molar-refractivity contribution in [2.75, 3.05) is 0 Å². The van der Waals surface area contributed by atoms with Gasteiger partial charge in [-0.1, -0.05) is 30.4 Å². The SMILES string of the molecule is CCC(N)c1nnc(-c2cccc([N+](=O)[O-])c2C)s1. The highest BCUT2D eigenvalue weighted by Gasteiger charge is 2.18. The predicted octanol–water partition coefficient (Wildman–Crippen LogP) is 2.83. The molecule has 0 bridgehead atoms. The zero-order valence-corrected chi connectivity index (χ0v) is 11.5. The molecule has 6 nitrogen and oxygen atoms in total. The molecule has 0 spiro atoms. The third-order valence-electron chi connectivity index (χ3n) is 2.93. The van der Waals surface area contributed by atoms with Crippen molar-refractivity contribution in [3.8, 4) is 10.6 Å². The Morgan fingerprint density at radius 1 is 1.47 bits per heavy atom. The van der Waals surface area contributed by atoms with Crippen LogP contribution in [-0.2, 0) is 0 Å². The molecule has 0 amide bonds. The molecule has 19 heavy (non-hydrogen) atoms. The van der Waals surface area contributed by atoms with Gasteiger partial charge in [-0.25, -0.2) is 0 Å². The molecule has 0 aliphatic rings. The summed E-state index contributed by atoms with van der Waals surface area (Å²) in [7, 11) is 0. The highest BCUT2D eigenvalue weighted by molar-refractivity contribution is 7.14. The molecule has 0 aliphatic carbocycles. The van der Waals surface area contributed by atoms with Gasteiger partial charge in [0, 0.05) is 17.2 Å². The molecule has 0 saturated heterocycles. The molecular formula is C12H14N4O2S. The minimum Gasteiger partial charge on any atom is -0.322 e. The van der Waals surface area contributed by atoms with E-state index in [1.54, 1.807) is 13.0 Å². The fourth-order valence-electron chi connectivity index (χ4n) is 1.72. The van der Waals surface area contributed by atoms with E-state index in [0.29, 0.717) is 10.6 Å². The van der Waals surface area contributed by atoms with Gasteiger partial charge in [-0.05, 0) is 13.3 Å². The maximum Gasteiger partial charge on any atom is 0.273 e. The molecule has 1 aromatic carbocycles. The van der Waals surface area contributed by atoms with Gasteiger partial charge >= 0.3 is 0 Å². The number of nitro groups is 1. The molecule has 1 heterocycles. The van der Waals surface area contributed by atoms with Crippen molar-refractivity contribution in [1.29, 1.82) is 0 Å². The summed E-state index contributed by atoms with van der Waals surface area (Å²) in [6, 6.07) is 4.81. The number of nitrogens with two attached hydrogens (primary N) is 1. The molecule has 2 N–H and O–H groups in total. The molecule has 0 fully saturated rings. The summed E-state index contributed by atoms with van der Waals surface area (Å²) in [5.74, 6) is 0. The first-order chi connectivity index (χ1) is 9.04. The smallest absolute Gasteiger partial charge is 0.273 e. The van der Waals surface area contributed by atoms with Crippen molar-refractivity contribution in [3.63, 3.8) is 0 Å². The van der Waals surface area contributed by atoms with Crippen molar-refractivity contribution in [2.24, 2.45) is 5.73 Å². The van der Waals surface area contributed by atoms with Crippen molar-refractivity contribution in [1.82, 2.24) is 10.2 Å². The van der Waals surface area contributed by atoms with E-state index >= 15 is 0 Å². The Hall–Kier alpha value is -1.86. The van der Waals surface area contributed by atoms with Crippen LogP contribution in [0.15, 0.2) is 18.2 Å². The molecule has 2 aromatic rings. The van der Waals surface area contributed by atoms with E-state index in [1.165, 1.54) is 17.4 Å². The van der Waals surface area contributed by atoms with Crippen molar-refractivity contribution in [3.05, 3.63) is 38.9 Å². The minimum atomic E-state index is -0.390. The monoisotopic (exact) mass is 278 g/mol. The van der Waals surface area contributed by atoms with Gasteiger partial charge in [0.2, 0.25) is 0 Å². The average Bonchev–Trinajstić information content (AvgIpc) is 2.87. The average molecular weight is 278 g/mol. The quantitative estimate of drug-likeness (QED) is 0.685. The van der Waals surface area contributed by atoms with Gasteiger partial charge in [-0.2, -0.15) is 0 Å². The Bertz CT molecular complexity index is 612. The Labute approximate surface area is 114 Å². The lowest BCUT2D eigenvalue weighted by molar-refractivity contribution is -0.385. The van der Waals surface area contributed by atoms with Gasteiger partial charge in [-0.3, -0.25) is 10.1 Å². The van der Waals surface area contributed by atoms with E-state index in [4.69, 9.17) is 5.73 Å². The molecule has 1 aromatic heterocycles. The van der Waals surface area contributed by atoms with Crippen LogP contribution < -0.4 is 5.73 Å². The number of nitro benzene ring substituents is 1. The van der Waals surface area contributed by atoms with Crippen LogP contribution in [0.2, 0.25) is 0 Å². The van der Waals surface area contributed by atoms with Gasteiger partial charge in [0.05, 0.1) is 11.0 Å². The standard InChI is InChI=1S/C12H14N4O2S/c1-3-9(13)12-15-14-11(19-12)8-5-4-6-10(7(8)2)16(17)18/h4-6,9H,3,13H2,1-2H3. The number of aromatic nitrogens is 2. The van der Waals surface area contributed by atoms with Crippen LogP contribution in [0.1, 0.15) is 30.0 Å². The molecule has 0 aliphatic heterocycles. The number of nitrogens with zero attached hydrogens (tertiary/aromatic N) is 3. The van der Waals surface area contributed by atoms with E-state index in [2.05, 4.69) is 10.2 Å². The first-order valence-corrected chi connectivity index (χ1v) is 6.69. The van der Waals surface area contributed by atoms with Gasteiger partial charge in [0.1, 0.15) is 10.0 Å². The Morgan fingerprint density at radius 2 is 2.21 bits per heavy atom. The van der Waals surface area contributed by atoms with Crippen molar-refractivity contribution < 1.29 is 4.92 Å². The van der Waals surface area contributed by atoms with Crippen molar-refractivity contribution >= 4 is 17.0 Å². The van der Waals surface area contributed by atoms with E-state index in [0.717, 1.165) is 17.0 Å². The highest BCUT2D eigenvalue weighted by Crippen LogP contribution is 2.32. The second-order valence-electron chi connectivity index (χ2n) is 4.17. The Morgan fingerprint density at radius 3 is 2.84 bits per heavy atom. The van der Waals surface area contributed by atoms with Crippen LogP contribution in [-0.4, -0.2) is 15.1 Å². The minimum absolute atomic E-state index is 0.0917. The van der Waals surface area contributed by atoms with Crippen LogP contribution >= 0.6 is 11.3 Å². The van der Waals surface area contributed by atoms with Gasteiger partial charge < -0.3 is 5.73 Å². The predicted molar refractivity (Wildman–Crippen MR) is 74.0 cm³/mol. The molecular weight excluding hydrogens is 264 g/mol. The zero-order chi connectivity index (χ0) is 14.0. The summed E-state index contributed by atoms with van der Waals surface area (Å²) in [6.07, 6.45) is 0.780. The largest absolute Gasteiger partial charge is 0.322 e. The third-order valence-corrected chi connectivity index (χ3v) is 4.02. The number of hydrogen-bond acceptors (Lipinski definition) is 6. The molecule has 2 rings (SSSR count). The lowest BCUT2D eigenvalue weighted by Crippen LogP contribution is -2.07. The van der Waals surface area contributed by atoms with Crippen LogP contribution in [0.4, 0.5) is 5.69 Å². The van der Waals surface area contributed by atoms with Gasteiger partial charge in [-0.15, -0.1) is 10.2 Å². The van der Waals surface area contributed by atoms with E-state index in [9.17, 15) is 10.1 Å². The highest BCUT2D eigenvalue weighted by atomic mass is 32.1. The van der Waals surface area contributed by atoms with Crippen LogP contribution in [0.25, 0.3) is 10.6 Å². The topological polar surface area (TPSA) is 94.9 Å². The van der Waals surface area contributed by atoms with Crippen molar-refractivity contribution in [2.45, 2.75) is 26.3 Å². The molecule has 0 saturated carbocycles. The van der Waals surface area contributed by atoms with Gasteiger partial charge in [0.25, 0.3) is 5.69 Å². The van der Waals surface area contributed by atoms with E-state index in [1.807, 2.05) is 13.0 Å². The summed E-state index contributed by atoms with van der Waals surface area (Å²) in [4.78, 5) is 10.5. The van der Waals surface area contributed by atoms with E-state index < -0.39 is 4.92 Å². The number of rotatable bonds is 4. The molecule has 100 valence electrons. The summed E-state index contributed by atoms with van der Waals surface area (Å²) in [6.45, 7) is 3.69. The number of benzene rings is 1. The number of hydrogen-bond donors (Lipinski definition) is 1. The fraction of sp³-hybridized carbons (Fsp3) is 0.333. The summed E-state index contributed by atoms with van der Waals surface area (Å²) < 4.78 is 0. The van der Waals surface area contributed by atoms with Crippen LogP contribution in [0.5, 0.6) is 0 Å². The van der Waals surface area contributed by atoms with Crippen LogP contribution in [0.3, 0.4) is 0 Å². The first-order valence-electron chi connectivity index (χ1n) is 5.88. The Kier molecular flexibility index (Phi) is 3.87. The summed E-state index contributed by atoms with van der Waals surface area (Å²) in [5.41, 5.74) is 7.33. The normalized spacial score (nSPS) is 12.4. The van der Waals surface area contributed by atoms with E-state index in [-0.39, 0.29) is 11.7 Å². The fourth-order valence-corrected chi connectivity index (χ4v) is 2.73. The maximum absolute atomic E-state index is 10.9. The molecule has 1 unspecified atom stereocenters. The van der Waals surface area contributed by atoms with Gasteiger partial charge in [0.15, 0.2) is 0 Å². The lowest BCUT2D eigenvalue weighted by atomic mass is 10.1. The zero-order valence-electron chi connectivity index (χ0n) is 10.7.